The molecule has 0 spiro atoms. The van der Waals surface area contributed by atoms with Crippen molar-refractivity contribution in [3.05, 3.63) is 63.6 Å². The van der Waals surface area contributed by atoms with E-state index in [1.807, 2.05) is 30.3 Å². The van der Waals surface area contributed by atoms with Gasteiger partial charge >= 0.3 is 0 Å². The van der Waals surface area contributed by atoms with E-state index in [4.69, 9.17) is 27.9 Å². The molecule has 0 aromatic heterocycles. The van der Waals surface area contributed by atoms with Crippen LogP contribution in [0.1, 0.15) is 24.0 Å². The summed E-state index contributed by atoms with van der Waals surface area (Å²) in [6.07, 6.45) is 1.48. The van der Waals surface area contributed by atoms with E-state index >= 15 is 0 Å². The van der Waals surface area contributed by atoms with Crippen LogP contribution in [0.15, 0.2) is 47.4 Å². The first-order chi connectivity index (χ1) is 14.3. The van der Waals surface area contributed by atoms with Gasteiger partial charge in [0.05, 0.1) is 22.6 Å². The summed E-state index contributed by atoms with van der Waals surface area (Å²) in [4.78, 5) is 12.5. The third kappa shape index (κ3) is 5.36. The van der Waals surface area contributed by atoms with Crippen LogP contribution in [0.5, 0.6) is 0 Å². The minimum atomic E-state index is -4.17. The van der Waals surface area contributed by atoms with Gasteiger partial charge in [-0.05, 0) is 37.1 Å². The van der Waals surface area contributed by atoms with Gasteiger partial charge in [-0.1, -0.05) is 69.5 Å². The van der Waals surface area contributed by atoms with Gasteiger partial charge < -0.3 is 15.4 Å². The summed E-state index contributed by atoms with van der Waals surface area (Å²) < 4.78 is 32.5. The Kier molecular flexibility index (Phi) is 8.17. The van der Waals surface area contributed by atoms with Crippen molar-refractivity contribution >= 4 is 54.9 Å². The third-order valence-electron chi connectivity index (χ3n) is 4.75. The van der Waals surface area contributed by atoms with E-state index in [1.54, 1.807) is 0 Å². The molecule has 3 rings (SSSR count). The lowest BCUT2D eigenvalue weighted by Crippen LogP contribution is -2.49. The minimum Gasteiger partial charge on any atom is -0.340 e. The topological polar surface area (TPSA) is 84.5 Å². The van der Waals surface area contributed by atoms with Crippen LogP contribution in [-0.4, -0.2) is 32.5 Å². The molecule has 1 unspecified atom stereocenters. The molecule has 1 amide bonds. The standard InChI is InChI=1S/C20H21BrCl2N2O4S/c21-11-14-15(22)8-9-17(18(14)23)30(27,28)20(25-19(26)16-7-4-10-24-16)29-12-13-5-2-1-3-6-13/h1-3,5-6,8-9,16,20,24H,4,7,10-12H2,(H,25,26)/t16-,20?/m0/s1. The van der Waals surface area contributed by atoms with E-state index < -0.39 is 27.3 Å². The quantitative estimate of drug-likeness (QED) is 0.394. The number of ether oxygens (including phenoxy) is 1. The Balaban J connectivity index is 1.91. The molecule has 0 saturated carbocycles. The fraction of sp³-hybridized carbons (Fsp3) is 0.350. The Morgan fingerprint density at radius 1 is 1.23 bits per heavy atom. The number of benzene rings is 2. The second kappa shape index (κ2) is 10.4. The van der Waals surface area contributed by atoms with E-state index in [9.17, 15) is 13.2 Å². The van der Waals surface area contributed by atoms with Gasteiger partial charge in [0.25, 0.3) is 0 Å². The third-order valence-corrected chi connectivity index (χ3v) is 7.98. The van der Waals surface area contributed by atoms with E-state index in [0.717, 1.165) is 12.0 Å². The maximum Gasteiger partial charge on any atom is 0.239 e. The van der Waals surface area contributed by atoms with Crippen LogP contribution >= 0.6 is 39.1 Å². The molecule has 2 aromatic carbocycles. The zero-order valence-electron chi connectivity index (χ0n) is 15.9. The molecular formula is C20H21BrCl2N2O4S. The monoisotopic (exact) mass is 534 g/mol. The van der Waals surface area contributed by atoms with Crippen molar-refractivity contribution in [2.75, 3.05) is 6.54 Å². The highest BCUT2D eigenvalue weighted by atomic mass is 79.9. The van der Waals surface area contributed by atoms with Gasteiger partial charge in [0.15, 0.2) is 0 Å². The fourth-order valence-electron chi connectivity index (χ4n) is 3.11. The highest BCUT2D eigenvalue weighted by Crippen LogP contribution is 2.34. The molecule has 0 bridgehead atoms. The Morgan fingerprint density at radius 2 is 1.97 bits per heavy atom. The van der Waals surface area contributed by atoms with Crippen LogP contribution in [0.4, 0.5) is 0 Å². The first-order valence-electron chi connectivity index (χ1n) is 9.30. The number of nitrogens with one attached hydrogen (secondary N) is 2. The molecule has 2 aromatic rings. The molecule has 0 radical (unpaired) electrons. The Morgan fingerprint density at radius 3 is 2.60 bits per heavy atom. The summed E-state index contributed by atoms with van der Waals surface area (Å²) in [6.45, 7) is 0.706. The second-order valence-electron chi connectivity index (χ2n) is 6.80. The van der Waals surface area contributed by atoms with Crippen molar-refractivity contribution in [2.24, 2.45) is 0 Å². The number of hydrogen-bond acceptors (Lipinski definition) is 5. The van der Waals surface area contributed by atoms with Crippen LogP contribution in [0.2, 0.25) is 10.0 Å². The number of rotatable bonds is 8. The summed E-state index contributed by atoms with van der Waals surface area (Å²) >= 11 is 15.7. The zero-order chi connectivity index (χ0) is 21.7. The first-order valence-corrected chi connectivity index (χ1v) is 12.7. The second-order valence-corrected chi connectivity index (χ2v) is 10.1. The number of carbonyl (C=O) groups is 1. The molecule has 10 heteroatoms. The summed E-state index contributed by atoms with van der Waals surface area (Å²) in [5, 5.41) is 6.21. The van der Waals surface area contributed by atoms with Crippen molar-refractivity contribution in [1.82, 2.24) is 10.6 Å². The number of sulfone groups is 1. The first kappa shape index (κ1) is 23.5. The number of amides is 1. The fourth-order valence-corrected chi connectivity index (χ4v) is 6.23. The highest BCUT2D eigenvalue weighted by Gasteiger charge is 2.35. The molecule has 162 valence electrons. The predicted molar refractivity (Wildman–Crippen MR) is 120 cm³/mol. The van der Waals surface area contributed by atoms with Crippen molar-refractivity contribution < 1.29 is 17.9 Å². The molecular weight excluding hydrogens is 515 g/mol. The molecule has 2 N–H and O–H groups in total. The molecule has 1 fully saturated rings. The van der Waals surface area contributed by atoms with Gasteiger partial charge in [0.1, 0.15) is 0 Å². The molecule has 1 heterocycles. The van der Waals surface area contributed by atoms with Crippen LogP contribution < -0.4 is 10.6 Å². The van der Waals surface area contributed by atoms with E-state index in [0.29, 0.717) is 23.6 Å². The van der Waals surface area contributed by atoms with Crippen molar-refractivity contribution in [2.45, 2.75) is 41.3 Å². The van der Waals surface area contributed by atoms with Crippen molar-refractivity contribution in [3.8, 4) is 0 Å². The predicted octanol–water partition coefficient (Wildman–Crippen LogP) is 4.03. The Labute approximate surface area is 194 Å². The molecule has 6 nitrogen and oxygen atoms in total. The van der Waals surface area contributed by atoms with Crippen molar-refractivity contribution in [1.29, 1.82) is 0 Å². The molecule has 0 aliphatic carbocycles. The summed E-state index contributed by atoms with van der Waals surface area (Å²) in [5.41, 5.74) is -0.381. The Bertz CT molecular complexity index is 999. The average Bonchev–Trinajstić information content (AvgIpc) is 3.27. The number of alkyl halides is 1. The van der Waals surface area contributed by atoms with Gasteiger partial charge in [0.2, 0.25) is 21.3 Å². The van der Waals surface area contributed by atoms with Gasteiger partial charge in [-0.3, -0.25) is 4.79 Å². The normalized spacial score (nSPS) is 17.6. The minimum absolute atomic E-state index is 0.000375. The maximum absolute atomic E-state index is 13.4. The van der Waals surface area contributed by atoms with E-state index in [1.165, 1.54) is 12.1 Å². The molecule has 1 aliphatic rings. The van der Waals surface area contributed by atoms with Gasteiger partial charge in [-0.2, -0.15) is 0 Å². The molecule has 1 aliphatic heterocycles. The Hall–Kier alpha value is -1.16. The van der Waals surface area contributed by atoms with Gasteiger partial charge in [-0.25, -0.2) is 8.42 Å². The zero-order valence-corrected chi connectivity index (χ0v) is 19.8. The summed E-state index contributed by atoms with van der Waals surface area (Å²) in [5.74, 6) is -0.431. The maximum atomic E-state index is 13.4. The number of hydrogen-bond donors (Lipinski definition) is 2. The lowest BCUT2D eigenvalue weighted by atomic mass is 10.2. The van der Waals surface area contributed by atoms with Gasteiger partial charge in [-0.15, -0.1) is 0 Å². The number of halogens is 3. The lowest BCUT2D eigenvalue weighted by molar-refractivity contribution is -0.125. The van der Waals surface area contributed by atoms with Crippen LogP contribution in [0.25, 0.3) is 0 Å². The van der Waals surface area contributed by atoms with Crippen LogP contribution in [-0.2, 0) is 31.3 Å². The average molecular weight is 536 g/mol. The van der Waals surface area contributed by atoms with Crippen molar-refractivity contribution in [3.63, 3.8) is 0 Å². The molecule has 1 saturated heterocycles. The van der Waals surface area contributed by atoms with Gasteiger partial charge in [0, 0.05) is 15.9 Å². The van der Waals surface area contributed by atoms with Crippen LogP contribution in [0.3, 0.4) is 0 Å². The summed E-state index contributed by atoms with van der Waals surface area (Å²) in [6, 6.07) is 11.4. The lowest BCUT2D eigenvalue weighted by Gasteiger charge is -2.23. The summed E-state index contributed by atoms with van der Waals surface area (Å²) in [7, 11) is -4.17. The number of carbonyl (C=O) groups excluding carboxylic acids is 1. The van der Waals surface area contributed by atoms with E-state index in [2.05, 4.69) is 26.6 Å². The highest BCUT2D eigenvalue weighted by molar-refractivity contribution is 9.08. The molecule has 30 heavy (non-hydrogen) atoms. The smallest absolute Gasteiger partial charge is 0.239 e. The molecule has 2 atom stereocenters. The van der Waals surface area contributed by atoms with E-state index in [-0.39, 0.29) is 21.9 Å². The van der Waals surface area contributed by atoms with Crippen LogP contribution in [0, 0.1) is 0 Å². The largest absolute Gasteiger partial charge is 0.340 e. The SMILES string of the molecule is O=C(NC(OCc1ccccc1)S(=O)(=O)c1ccc(Cl)c(CBr)c1Cl)[C@@H]1CCCN1.